The van der Waals surface area contributed by atoms with Crippen molar-refractivity contribution in [2.75, 3.05) is 20.2 Å². The van der Waals surface area contributed by atoms with Crippen LogP contribution in [0, 0.1) is 0 Å². The first-order valence-electron chi connectivity index (χ1n) is 7.62. The van der Waals surface area contributed by atoms with Gasteiger partial charge in [-0.15, -0.1) is 0 Å². The lowest BCUT2D eigenvalue weighted by Gasteiger charge is -2.24. The predicted molar refractivity (Wildman–Crippen MR) is 89.5 cm³/mol. The summed E-state index contributed by atoms with van der Waals surface area (Å²) in [4.78, 5) is 16.7. The van der Waals surface area contributed by atoms with Gasteiger partial charge in [0.05, 0.1) is 7.11 Å². The van der Waals surface area contributed by atoms with Crippen LogP contribution in [0.15, 0.2) is 48.7 Å². The van der Waals surface area contributed by atoms with Crippen LogP contribution in [0.25, 0.3) is 5.57 Å². The molecule has 0 unspecified atom stereocenters. The van der Waals surface area contributed by atoms with Crippen LogP contribution in [-0.4, -0.2) is 41.3 Å². The molecule has 0 saturated carbocycles. The minimum absolute atomic E-state index is 0.369. The Kier molecular flexibility index (Phi) is 4.65. The topological polar surface area (TPSA) is 71.9 Å². The van der Waals surface area contributed by atoms with E-state index in [1.165, 1.54) is 4.90 Å². The maximum Gasteiger partial charge on any atom is 0.407 e. The first kappa shape index (κ1) is 15.9. The van der Waals surface area contributed by atoms with E-state index in [-0.39, 0.29) is 0 Å². The second-order valence-corrected chi connectivity index (χ2v) is 5.32. The van der Waals surface area contributed by atoms with Crippen LogP contribution in [0.1, 0.15) is 12.0 Å². The van der Waals surface area contributed by atoms with Crippen molar-refractivity contribution < 1.29 is 19.4 Å². The summed E-state index contributed by atoms with van der Waals surface area (Å²) in [7, 11) is 1.59. The molecule has 0 atom stereocenters. The van der Waals surface area contributed by atoms with E-state index in [0.29, 0.717) is 36.9 Å². The highest BCUT2D eigenvalue weighted by atomic mass is 16.5. The number of ether oxygens (including phenoxy) is 2. The summed E-state index contributed by atoms with van der Waals surface area (Å²) in [5, 5.41) is 9.05. The fraction of sp³-hybridized carbons (Fsp3) is 0.222. The average Bonchev–Trinajstić information content (AvgIpc) is 2.63. The van der Waals surface area contributed by atoms with Crippen LogP contribution >= 0.6 is 0 Å². The van der Waals surface area contributed by atoms with Crippen LogP contribution in [0.5, 0.6) is 17.4 Å². The van der Waals surface area contributed by atoms with Gasteiger partial charge in [0.15, 0.2) is 11.5 Å². The summed E-state index contributed by atoms with van der Waals surface area (Å²) >= 11 is 0. The van der Waals surface area contributed by atoms with Gasteiger partial charge in [-0.3, -0.25) is 0 Å². The molecule has 1 amide bonds. The summed E-state index contributed by atoms with van der Waals surface area (Å²) in [5.41, 5.74) is 1.90. The van der Waals surface area contributed by atoms with Crippen molar-refractivity contribution in [1.82, 2.24) is 9.88 Å². The second kappa shape index (κ2) is 7.04. The molecule has 2 aromatic rings. The first-order chi connectivity index (χ1) is 11.7. The number of para-hydroxylation sites is 2. The summed E-state index contributed by atoms with van der Waals surface area (Å²) in [5.74, 6) is 1.70. The highest BCUT2D eigenvalue weighted by molar-refractivity contribution is 5.73. The molecule has 0 radical (unpaired) electrons. The van der Waals surface area contributed by atoms with Gasteiger partial charge in [-0.1, -0.05) is 18.2 Å². The lowest BCUT2D eigenvalue weighted by molar-refractivity contribution is 0.150. The Morgan fingerprint density at radius 1 is 1.21 bits per heavy atom. The van der Waals surface area contributed by atoms with Gasteiger partial charge >= 0.3 is 6.09 Å². The standard InChI is InChI=1S/C18H18N2O4/c1-23-15-6-2-3-7-16(15)24-17-14(5-4-10-19-17)13-8-11-20(12-9-13)18(21)22/h2-8,10H,9,11-12H2,1H3,(H,21,22). The zero-order valence-corrected chi connectivity index (χ0v) is 13.3. The summed E-state index contributed by atoms with van der Waals surface area (Å²) in [6, 6.07) is 11.1. The number of hydrogen-bond acceptors (Lipinski definition) is 4. The molecule has 0 bridgehead atoms. The van der Waals surface area contributed by atoms with Crippen LogP contribution < -0.4 is 9.47 Å². The Balaban J connectivity index is 1.88. The quantitative estimate of drug-likeness (QED) is 0.928. The number of amides is 1. The molecule has 6 nitrogen and oxygen atoms in total. The molecule has 3 rings (SSSR count). The fourth-order valence-corrected chi connectivity index (χ4v) is 2.61. The molecule has 0 spiro atoms. The number of rotatable bonds is 4. The van der Waals surface area contributed by atoms with Crippen LogP contribution in [0.3, 0.4) is 0 Å². The zero-order valence-electron chi connectivity index (χ0n) is 13.3. The van der Waals surface area contributed by atoms with E-state index in [2.05, 4.69) is 4.98 Å². The van der Waals surface area contributed by atoms with E-state index >= 15 is 0 Å². The number of aromatic nitrogens is 1. The highest BCUT2D eigenvalue weighted by Gasteiger charge is 2.19. The number of pyridine rings is 1. The molecule has 24 heavy (non-hydrogen) atoms. The molecule has 1 aliphatic rings. The zero-order chi connectivity index (χ0) is 16.9. The van der Waals surface area contributed by atoms with Gasteiger partial charge < -0.3 is 19.5 Å². The Bertz CT molecular complexity index is 773. The van der Waals surface area contributed by atoms with Gasteiger partial charge in [-0.2, -0.15) is 0 Å². The summed E-state index contributed by atoms with van der Waals surface area (Å²) in [6.45, 7) is 0.831. The minimum atomic E-state index is -0.901. The third-order valence-electron chi connectivity index (χ3n) is 3.87. The van der Waals surface area contributed by atoms with Crippen molar-refractivity contribution in [3.63, 3.8) is 0 Å². The molecule has 1 aliphatic heterocycles. The van der Waals surface area contributed by atoms with Gasteiger partial charge in [0.1, 0.15) is 0 Å². The Hall–Kier alpha value is -3.02. The van der Waals surface area contributed by atoms with Crippen LogP contribution in [0.4, 0.5) is 4.79 Å². The molecule has 1 aromatic carbocycles. The van der Waals surface area contributed by atoms with Gasteiger partial charge in [0, 0.05) is 24.8 Å². The minimum Gasteiger partial charge on any atom is -0.493 e. The van der Waals surface area contributed by atoms with E-state index in [1.54, 1.807) is 13.3 Å². The lowest BCUT2D eigenvalue weighted by Crippen LogP contribution is -2.33. The van der Waals surface area contributed by atoms with Crippen LogP contribution in [0.2, 0.25) is 0 Å². The van der Waals surface area contributed by atoms with Crippen molar-refractivity contribution >= 4 is 11.7 Å². The number of carboxylic acid groups (broad SMARTS) is 1. The number of benzene rings is 1. The van der Waals surface area contributed by atoms with Gasteiger partial charge in [0.2, 0.25) is 5.88 Å². The maximum absolute atomic E-state index is 11.0. The molecule has 2 heterocycles. The van der Waals surface area contributed by atoms with Crippen molar-refractivity contribution in [2.45, 2.75) is 6.42 Å². The molecular formula is C18H18N2O4. The molecule has 0 aliphatic carbocycles. The van der Waals surface area contributed by atoms with Gasteiger partial charge in [0.25, 0.3) is 0 Å². The molecule has 0 fully saturated rings. The fourth-order valence-electron chi connectivity index (χ4n) is 2.61. The van der Waals surface area contributed by atoms with Crippen molar-refractivity contribution in [2.24, 2.45) is 0 Å². The molecule has 1 aromatic heterocycles. The van der Waals surface area contributed by atoms with Gasteiger partial charge in [-0.05, 0) is 36.3 Å². The highest BCUT2D eigenvalue weighted by Crippen LogP contribution is 2.35. The third kappa shape index (κ3) is 3.32. The molecule has 0 saturated heterocycles. The Labute approximate surface area is 140 Å². The van der Waals surface area contributed by atoms with E-state index in [0.717, 1.165) is 11.1 Å². The summed E-state index contributed by atoms with van der Waals surface area (Å²) in [6.07, 6.45) is 3.30. The van der Waals surface area contributed by atoms with E-state index in [9.17, 15) is 4.79 Å². The maximum atomic E-state index is 11.0. The monoisotopic (exact) mass is 326 g/mol. The predicted octanol–water partition coefficient (Wildman–Crippen LogP) is 3.65. The van der Waals surface area contributed by atoms with Crippen molar-refractivity contribution in [3.8, 4) is 17.4 Å². The van der Waals surface area contributed by atoms with Gasteiger partial charge in [-0.25, -0.2) is 9.78 Å². The van der Waals surface area contributed by atoms with Crippen LogP contribution in [-0.2, 0) is 0 Å². The summed E-state index contributed by atoms with van der Waals surface area (Å²) < 4.78 is 11.3. The molecule has 1 N–H and O–H groups in total. The first-order valence-corrected chi connectivity index (χ1v) is 7.62. The van der Waals surface area contributed by atoms with E-state index in [1.807, 2.05) is 42.5 Å². The number of methoxy groups -OCH3 is 1. The normalized spacial score (nSPS) is 14.0. The van der Waals surface area contributed by atoms with E-state index < -0.39 is 6.09 Å². The number of hydrogen-bond donors (Lipinski definition) is 1. The van der Waals surface area contributed by atoms with Crippen molar-refractivity contribution in [1.29, 1.82) is 0 Å². The third-order valence-corrected chi connectivity index (χ3v) is 3.87. The Morgan fingerprint density at radius 2 is 2.00 bits per heavy atom. The molecule has 6 heteroatoms. The number of carbonyl (C=O) groups is 1. The molecule has 124 valence electrons. The average molecular weight is 326 g/mol. The van der Waals surface area contributed by atoms with E-state index in [4.69, 9.17) is 14.6 Å². The Morgan fingerprint density at radius 3 is 2.67 bits per heavy atom. The largest absolute Gasteiger partial charge is 0.493 e. The number of nitrogens with zero attached hydrogens (tertiary/aromatic N) is 2. The lowest BCUT2D eigenvalue weighted by atomic mass is 10.0. The smallest absolute Gasteiger partial charge is 0.407 e. The van der Waals surface area contributed by atoms with Crippen molar-refractivity contribution in [3.05, 3.63) is 54.2 Å². The second-order valence-electron chi connectivity index (χ2n) is 5.32. The molecular weight excluding hydrogens is 308 g/mol. The SMILES string of the molecule is COc1ccccc1Oc1ncccc1C1=CCN(C(=O)O)CC1.